The molecule has 0 saturated carbocycles. The highest BCUT2D eigenvalue weighted by atomic mass is 16.5. The maximum atomic E-state index is 12.4. The van der Waals surface area contributed by atoms with Crippen molar-refractivity contribution in [2.24, 2.45) is 5.73 Å². The van der Waals surface area contributed by atoms with Gasteiger partial charge in [0.05, 0.1) is 6.04 Å². The molecule has 1 atom stereocenters. The molecule has 1 heterocycles. The summed E-state index contributed by atoms with van der Waals surface area (Å²) < 4.78 is 4.97. The summed E-state index contributed by atoms with van der Waals surface area (Å²) in [4.78, 5) is 16.4. The molecule has 0 radical (unpaired) electrons. The van der Waals surface area contributed by atoms with Crippen molar-refractivity contribution in [3.63, 3.8) is 0 Å². The predicted octanol–water partition coefficient (Wildman–Crippen LogP) is 2.17. The zero-order chi connectivity index (χ0) is 13.7. The van der Waals surface area contributed by atoms with Crippen molar-refractivity contribution in [1.82, 2.24) is 4.98 Å². The third-order valence-electron chi connectivity index (χ3n) is 3.15. The van der Waals surface area contributed by atoms with E-state index in [1.807, 2.05) is 24.3 Å². The number of carbonyl (C=O) groups is 1. The van der Waals surface area contributed by atoms with Crippen LogP contribution in [0.15, 0.2) is 36.7 Å². The summed E-state index contributed by atoms with van der Waals surface area (Å²) in [5, 5.41) is 1.86. The number of rotatable bonds is 6. The average molecular weight is 258 g/mol. The lowest BCUT2D eigenvalue weighted by Crippen LogP contribution is -2.30. The molecule has 1 aromatic carbocycles. The van der Waals surface area contributed by atoms with Crippen molar-refractivity contribution in [3.05, 3.63) is 42.2 Å². The first kappa shape index (κ1) is 13.6. The number of pyridine rings is 1. The number of ether oxygens (including phenoxy) is 1. The van der Waals surface area contributed by atoms with Crippen LogP contribution in [0, 0.1) is 0 Å². The molecular weight excluding hydrogens is 240 g/mol. The minimum Gasteiger partial charge on any atom is -0.385 e. The van der Waals surface area contributed by atoms with E-state index in [1.54, 1.807) is 19.5 Å². The van der Waals surface area contributed by atoms with E-state index in [9.17, 15) is 4.79 Å². The van der Waals surface area contributed by atoms with Gasteiger partial charge in [-0.25, -0.2) is 0 Å². The van der Waals surface area contributed by atoms with Gasteiger partial charge in [0.2, 0.25) is 0 Å². The van der Waals surface area contributed by atoms with Crippen LogP contribution in [0.25, 0.3) is 10.8 Å². The van der Waals surface area contributed by atoms with Crippen molar-refractivity contribution in [2.75, 3.05) is 13.7 Å². The Morgan fingerprint density at radius 1 is 1.42 bits per heavy atom. The number of carbonyl (C=O) groups excluding carboxylic acids is 1. The van der Waals surface area contributed by atoms with Crippen LogP contribution in [0.1, 0.15) is 23.2 Å². The molecule has 100 valence electrons. The Balaban J connectivity index is 2.21. The summed E-state index contributed by atoms with van der Waals surface area (Å²) in [5.74, 6) is -0.0327. The molecule has 0 aliphatic rings. The number of nitrogens with zero attached hydrogens (tertiary/aromatic N) is 1. The van der Waals surface area contributed by atoms with Crippen LogP contribution in [0.4, 0.5) is 0 Å². The summed E-state index contributed by atoms with van der Waals surface area (Å²) in [6.07, 6.45) is 4.84. The standard InChI is InChI=1S/C15H18N2O2/c1-19-9-3-6-14(16)15(18)12-5-2-4-11-7-8-17-10-13(11)12/h2,4-5,7-8,10,14H,3,6,9,16H2,1H3. The summed E-state index contributed by atoms with van der Waals surface area (Å²) in [7, 11) is 1.64. The van der Waals surface area contributed by atoms with E-state index in [2.05, 4.69) is 4.98 Å². The van der Waals surface area contributed by atoms with Gasteiger partial charge in [0.1, 0.15) is 0 Å². The highest BCUT2D eigenvalue weighted by molar-refractivity contribution is 6.10. The number of Topliss-reactive ketones (excluding diaryl/α,β-unsaturated/α-hetero) is 1. The first-order valence-corrected chi connectivity index (χ1v) is 6.35. The van der Waals surface area contributed by atoms with Gasteiger partial charge in [-0.2, -0.15) is 0 Å². The number of hydrogen-bond donors (Lipinski definition) is 1. The number of benzene rings is 1. The zero-order valence-corrected chi connectivity index (χ0v) is 11.0. The molecule has 4 nitrogen and oxygen atoms in total. The molecule has 0 bridgehead atoms. The molecule has 4 heteroatoms. The van der Waals surface area contributed by atoms with Gasteiger partial charge in [-0.1, -0.05) is 18.2 Å². The lowest BCUT2D eigenvalue weighted by atomic mass is 9.97. The molecule has 0 saturated heterocycles. The van der Waals surface area contributed by atoms with Gasteiger partial charge in [0.25, 0.3) is 0 Å². The van der Waals surface area contributed by atoms with Gasteiger partial charge < -0.3 is 10.5 Å². The van der Waals surface area contributed by atoms with E-state index in [-0.39, 0.29) is 5.78 Å². The molecular formula is C15H18N2O2. The second kappa shape index (κ2) is 6.41. The fourth-order valence-corrected chi connectivity index (χ4v) is 2.11. The first-order valence-electron chi connectivity index (χ1n) is 6.35. The largest absolute Gasteiger partial charge is 0.385 e. The number of aromatic nitrogens is 1. The van der Waals surface area contributed by atoms with Gasteiger partial charge in [-0.15, -0.1) is 0 Å². The molecule has 19 heavy (non-hydrogen) atoms. The molecule has 0 amide bonds. The fourth-order valence-electron chi connectivity index (χ4n) is 2.11. The van der Waals surface area contributed by atoms with Gasteiger partial charge in [-0.3, -0.25) is 9.78 Å². The van der Waals surface area contributed by atoms with Crippen molar-refractivity contribution >= 4 is 16.6 Å². The van der Waals surface area contributed by atoms with Crippen molar-refractivity contribution in [2.45, 2.75) is 18.9 Å². The average Bonchev–Trinajstić information content (AvgIpc) is 2.46. The Morgan fingerprint density at radius 3 is 3.05 bits per heavy atom. The summed E-state index contributed by atoms with van der Waals surface area (Å²) in [5.41, 5.74) is 6.60. The number of hydrogen-bond acceptors (Lipinski definition) is 4. The summed E-state index contributed by atoms with van der Waals surface area (Å²) in [6.45, 7) is 0.623. The Bertz CT molecular complexity index is 564. The quantitative estimate of drug-likeness (QED) is 0.637. The van der Waals surface area contributed by atoms with Gasteiger partial charge in [0.15, 0.2) is 5.78 Å². The molecule has 0 aliphatic heterocycles. The fraction of sp³-hybridized carbons (Fsp3) is 0.333. The van der Waals surface area contributed by atoms with Crippen molar-refractivity contribution in [1.29, 1.82) is 0 Å². The van der Waals surface area contributed by atoms with Gasteiger partial charge in [-0.05, 0) is 24.3 Å². The lowest BCUT2D eigenvalue weighted by Gasteiger charge is -2.12. The summed E-state index contributed by atoms with van der Waals surface area (Å²) >= 11 is 0. The van der Waals surface area contributed by atoms with Gasteiger partial charge in [0, 0.05) is 37.1 Å². The molecule has 0 aliphatic carbocycles. The number of methoxy groups -OCH3 is 1. The number of ketones is 1. The molecule has 2 rings (SSSR count). The Morgan fingerprint density at radius 2 is 2.26 bits per heavy atom. The second-order valence-electron chi connectivity index (χ2n) is 4.51. The van der Waals surface area contributed by atoms with Crippen LogP contribution >= 0.6 is 0 Å². The van der Waals surface area contributed by atoms with Gasteiger partial charge >= 0.3 is 0 Å². The smallest absolute Gasteiger partial charge is 0.180 e. The Kier molecular flexibility index (Phi) is 4.60. The number of fused-ring (bicyclic) bond motifs is 1. The van der Waals surface area contributed by atoms with Crippen LogP contribution in [-0.4, -0.2) is 30.5 Å². The second-order valence-corrected chi connectivity index (χ2v) is 4.51. The minimum atomic E-state index is -0.485. The van der Waals surface area contributed by atoms with E-state index in [1.165, 1.54) is 0 Å². The molecule has 2 aromatic rings. The van der Waals surface area contributed by atoms with E-state index >= 15 is 0 Å². The van der Waals surface area contributed by atoms with Crippen LogP contribution < -0.4 is 5.73 Å². The highest BCUT2D eigenvalue weighted by Crippen LogP contribution is 2.19. The molecule has 2 N–H and O–H groups in total. The van der Waals surface area contributed by atoms with Crippen molar-refractivity contribution in [3.8, 4) is 0 Å². The van der Waals surface area contributed by atoms with E-state index in [4.69, 9.17) is 10.5 Å². The van der Waals surface area contributed by atoms with Crippen LogP contribution in [-0.2, 0) is 4.74 Å². The lowest BCUT2D eigenvalue weighted by molar-refractivity contribution is 0.0952. The van der Waals surface area contributed by atoms with E-state index in [0.717, 1.165) is 17.2 Å². The van der Waals surface area contributed by atoms with E-state index in [0.29, 0.717) is 18.6 Å². The predicted molar refractivity (Wildman–Crippen MR) is 75.2 cm³/mol. The molecule has 1 aromatic heterocycles. The zero-order valence-electron chi connectivity index (χ0n) is 11.0. The molecule has 0 spiro atoms. The maximum absolute atomic E-state index is 12.4. The van der Waals surface area contributed by atoms with Crippen LogP contribution in [0.5, 0.6) is 0 Å². The highest BCUT2D eigenvalue weighted by Gasteiger charge is 2.17. The Hall–Kier alpha value is -1.78. The van der Waals surface area contributed by atoms with Crippen molar-refractivity contribution < 1.29 is 9.53 Å². The number of nitrogens with two attached hydrogens (primary N) is 1. The summed E-state index contributed by atoms with van der Waals surface area (Å²) in [6, 6.07) is 7.05. The Labute approximate surface area is 112 Å². The third kappa shape index (κ3) is 3.16. The van der Waals surface area contributed by atoms with Crippen LogP contribution in [0.2, 0.25) is 0 Å². The molecule has 0 fully saturated rings. The first-order chi connectivity index (χ1) is 9.24. The van der Waals surface area contributed by atoms with Crippen LogP contribution in [0.3, 0.4) is 0 Å². The third-order valence-corrected chi connectivity index (χ3v) is 3.15. The normalized spacial score (nSPS) is 12.5. The van der Waals surface area contributed by atoms with E-state index < -0.39 is 6.04 Å². The maximum Gasteiger partial charge on any atom is 0.180 e. The monoisotopic (exact) mass is 258 g/mol. The molecule has 1 unspecified atom stereocenters. The SMILES string of the molecule is COCCCC(N)C(=O)c1cccc2ccncc12. The topological polar surface area (TPSA) is 65.2 Å². The minimum absolute atomic E-state index is 0.0327.